The van der Waals surface area contributed by atoms with Crippen LogP contribution in [0, 0.1) is 18.3 Å². The first kappa shape index (κ1) is 25.4. The highest BCUT2D eigenvalue weighted by Gasteiger charge is 2.43. The molecule has 4 rings (SSSR count). The molecule has 0 bridgehead atoms. The summed E-state index contributed by atoms with van der Waals surface area (Å²) in [6, 6.07) is 22.7. The van der Waals surface area contributed by atoms with Crippen molar-refractivity contribution >= 4 is 23.5 Å². The van der Waals surface area contributed by atoms with E-state index in [0.29, 0.717) is 17.8 Å². The number of nitrogens with zero attached hydrogens (tertiary/aromatic N) is 3. The third-order valence-corrected chi connectivity index (χ3v) is 6.13. The maximum absolute atomic E-state index is 13.5. The monoisotopic (exact) mass is 496 g/mol. The molecule has 3 aromatic carbocycles. The molecule has 1 heterocycles. The molecule has 1 saturated heterocycles. The molecule has 4 N–H and O–H groups in total. The van der Waals surface area contributed by atoms with Gasteiger partial charge in [-0.2, -0.15) is 5.26 Å². The Balaban J connectivity index is 1.58. The number of rotatable bonds is 6. The summed E-state index contributed by atoms with van der Waals surface area (Å²) in [6.45, 7) is 2.83. The van der Waals surface area contributed by atoms with Gasteiger partial charge in [0.05, 0.1) is 11.6 Å². The minimum Gasteiger partial charge on any atom is -0.349 e. The van der Waals surface area contributed by atoms with E-state index in [-0.39, 0.29) is 25.2 Å². The molecule has 1 aliphatic rings. The second kappa shape index (κ2) is 11.4. The van der Waals surface area contributed by atoms with Gasteiger partial charge in [-0.1, -0.05) is 42.5 Å². The number of urea groups is 1. The predicted molar refractivity (Wildman–Crippen MR) is 139 cm³/mol. The summed E-state index contributed by atoms with van der Waals surface area (Å²) in [7, 11) is 0. The van der Waals surface area contributed by atoms with Gasteiger partial charge in [-0.25, -0.2) is 4.79 Å². The Hall–Kier alpha value is -4.68. The van der Waals surface area contributed by atoms with Gasteiger partial charge in [0.2, 0.25) is 0 Å². The number of anilines is 1. The number of nitrogens with two attached hydrogens (primary N) is 1. The lowest BCUT2D eigenvalue weighted by molar-refractivity contribution is -0.128. The maximum Gasteiger partial charge on any atom is 0.323 e. The van der Waals surface area contributed by atoms with Crippen LogP contribution < -0.4 is 16.4 Å². The van der Waals surface area contributed by atoms with Crippen molar-refractivity contribution < 1.29 is 14.4 Å². The number of carbonyl (C=O) groups excluding carboxylic acids is 3. The smallest absolute Gasteiger partial charge is 0.323 e. The fourth-order valence-corrected chi connectivity index (χ4v) is 4.29. The normalized spacial score (nSPS) is 14.7. The van der Waals surface area contributed by atoms with Gasteiger partial charge in [0.1, 0.15) is 0 Å². The van der Waals surface area contributed by atoms with Gasteiger partial charge < -0.3 is 21.3 Å². The Morgan fingerprint density at radius 3 is 2.46 bits per heavy atom. The number of nitriles is 1. The number of hydrogen-bond donors (Lipinski definition) is 3. The van der Waals surface area contributed by atoms with Gasteiger partial charge in [-0.3, -0.25) is 14.5 Å². The molecule has 4 amide bonds. The lowest BCUT2D eigenvalue weighted by Gasteiger charge is -2.29. The highest BCUT2D eigenvalue weighted by molar-refractivity contribution is 6.00. The van der Waals surface area contributed by atoms with E-state index in [1.54, 1.807) is 24.3 Å². The van der Waals surface area contributed by atoms with Crippen LogP contribution in [-0.2, 0) is 17.9 Å². The number of nitrogens with one attached hydrogen (secondary N) is 2. The average Bonchev–Trinajstić information content (AvgIpc) is 3.37. The van der Waals surface area contributed by atoms with Crippen LogP contribution in [0.15, 0.2) is 72.8 Å². The molecular formula is C28H28N6O3. The number of hydrogen-bond acceptors (Lipinski definition) is 5. The maximum atomic E-state index is 13.5. The summed E-state index contributed by atoms with van der Waals surface area (Å²) in [5.74, 6) is -0.923. The topological polar surface area (TPSA) is 132 Å². The quantitative estimate of drug-likeness (QED) is 0.483. The van der Waals surface area contributed by atoms with Crippen molar-refractivity contribution in [2.24, 2.45) is 5.73 Å². The van der Waals surface area contributed by atoms with Crippen molar-refractivity contribution in [3.63, 3.8) is 0 Å². The summed E-state index contributed by atoms with van der Waals surface area (Å²) in [6.07, 6.45) is -1.17. The first-order valence-electron chi connectivity index (χ1n) is 11.9. The van der Waals surface area contributed by atoms with Gasteiger partial charge in [-0.05, 0) is 53.9 Å². The average molecular weight is 497 g/mol. The van der Waals surface area contributed by atoms with E-state index in [4.69, 9.17) is 5.73 Å². The van der Waals surface area contributed by atoms with E-state index in [1.807, 2.05) is 55.5 Å². The van der Waals surface area contributed by atoms with Crippen LogP contribution >= 0.6 is 0 Å². The van der Waals surface area contributed by atoms with Gasteiger partial charge in [0.15, 0.2) is 6.17 Å². The van der Waals surface area contributed by atoms with Crippen LogP contribution in [0.1, 0.15) is 32.6 Å². The number of benzene rings is 3. The molecule has 1 atom stereocenters. The highest BCUT2D eigenvalue weighted by atomic mass is 16.2. The number of carbonyl (C=O) groups is 3. The van der Waals surface area contributed by atoms with E-state index >= 15 is 0 Å². The standard InChI is InChI=1S/C28H28N6O3/c1-19-5-2-10-24(13-19)32-28(37)34-12-11-33(27(36)23-9-4-7-21(15-23)17-30)26(34)25(35)31-18-22-8-3-6-20(14-22)16-29/h2-10,13-15,26H,11-12,16,18,29H2,1H3,(H,31,35)(H,32,37). The third kappa shape index (κ3) is 5.94. The summed E-state index contributed by atoms with van der Waals surface area (Å²) in [5, 5.41) is 14.9. The Morgan fingerprint density at radius 1 is 0.973 bits per heavy atom. The SMILES string of the molecule is Cc1cccc(NC(=O)N2CCN(C(=O)c3cccc(C#N)c3)C2C(=O)NCc2cccc(CN)c2)c1. The molecule has 188 valence electrons. The van der Waals surface area contributed by atoms with Crippen LogP contribution in [0.3, 0.4) is 0 Å². The third-order valence-electron chi connectivity index (χ3n) is 6.13. The summed E-state index contributed by atoms with van der Waals surface area (Å²) in [4.78, 5) is 42.8. The van der Waals surface area contributed by atoms with Crippen molar-refractivity contribution in [1.29, 1.82) is 5.26 Å². The van der Waals surface area contributed by atoms with Gasteiger partial charge >= 0.3 is 6.03 Å². The molecule has 9 nitrogen and oxygen atoms in total. The number of aryl methyl sites for hydroxylation is 1. The molecule has 0 aliphatic carbocycles. The van der Waals surface area contributed by atoms with Crippen LogP contribution in [0.4, 0.5) is 10.5 Å². The van der Waals surface area contributed by atoms with Crippen LogP contribution in [0.5, 0.6) is 0 Å². The van der Waals surface area contributed by atoms with E-state index < -0.39 is 24.0 Å². The summed E-state index contributed by atoms with van der Waals surface area (Å²) in [5.41, 5.74) is 9.68. The van der Waals surface area contributed by atoms with Crippen molar-refractivity contribution in [3.8, 4) is 6.07 Å². The van der Waals surface area contributed by atoms with E-state index in [1.165, 1.54) is 15.9 Å². The van der Waals surface area contributed by atoms with Gasteiger partial charge in [0.25, 0.3) is 11.8 Å². The van der Waals surface area contributed by atoms with Crippen molar-refractivity contribution in [2.45, 2.75) is 26.2 Å². The summed E-state index contributed by atoms with van der Waals surface area (Å²) >= 11 is 0. The Kier molecular flexibility index (Phi) is 7.81. The molecule has 9 heteroatoms. The predicted octanol–water partition coefficient (Wildman–Crippen LogP) is 2.96. The minimum atomic E-state index is -1.17. The zero-order valence-corrected chi connectivity index (χ0v) is 20.5. The molecule has 3 aromatic rings. The van der Waals surface area contributed by atoms with Crippen LogP contribution in [-0.4, -0.2) is 46.9 Å². The Morgan fingerprint density at radius 2 is 1.70 bits per heavy atom. The van der Waals surface area contributed by atoms with Gasteiger partial charge in [-0.15, -0.1) is 0 Å². The molecule has 37 heavy (non-hydrogen) atoms. The zero-order valence-electron chi connectivity index (χ0n) is 20.5. The molecule has 1 unspecified atom stereocenters. The van der Waals surface area contributed by atoms with Crippen molar-refractivity contribution in [3.05, 3.63) is 101 Å². The molecule has 1 fully saturated rings. The van der Waals surface area contributed by atoms with E-state index in [0.717, 1.165) is 16.7 Å². The largest absolute Gasteiger partial charge is 0.349 e. The second-order valence-electron chi connectivity index (χ2n) is 8.80. The van der Waals surface area contributed by atoms with Crippen LogP contribution in [0.2, 0.25) is 0 Å². The lowest BCUT2D eigenvalue weighted by Crippen LogP contribution is -2.54. The molecule has 0 saturated carbocycles. The summed E-state index contributed by atoms with van der Waals surface area (Å²) < 4.78 is 0. The van der Waals surface area contributed by atoms with Crippen molar-refractivity contribution in [1.82, 2.24) is 15.1 Å². The molecule has 0 radical (unpaired) electrons. The Labute approximate surface area is 215 Å². The van der Waals surface area contributed by atoms with E-state index in [9.17, 15) is 19.6 Å². The lowest BCUT2D eigenvalue weighted by atomic mass is 10.1. The molecule has 0 spiro atoms. The highest BCUT2D eigenvalue weighted by Crippen LogP contribution is 2.21. The molecular weight excluding hydrogens is 468 g/mol. The first-order valence-corrected chi connectivity index (χ1v) is 11.9. The molecule has 1 aliphatic heterocycles. The zero-order chi connectivity index (χ0) is 26.4. The second-order valence-corrected chi connectivity index (χ2v) is 8.80. The number of amides is 4. The molecule has 0 aromatic heterocycles. The first-order chi connectivity index (χ1) is 17.9. The van der Waals surface area contributed by atoms with Gasteiger partial charge in [0, 0.05) is 37.4 Å². The van der Waals surface area contributed by atoms with Crippen LogP contribution in [0.25, 0.3) is 0 Å². The Bertz CT molecular complexity index is 1370. The fraction of sp³-hybridized carbons (Fsp3) is 0.214. The minimum absolute atomic E-state index is 0.164. The fourth-order valence-electron chi connectivity index (χ4n) is 4.29. The van der Waals surface area contributed by atoms with E-state index in [2.05, 4.69) is 10.6 Å². The van der Waals surface area contributed by atoms with Crippen molar-refractivity contribution in [2.75, 3.05) is 18.4 Å².